The third kappa shape index (κ3) is 1.37. The van der Waals surface area contributed by atoms with E-state index in [2.05, 4.69) is 15.3 Å². The Hall–Kier alpha value is -1.56. The van der Waals surface area contributed by atoms with Crippen LogP contribution in [0.1, 0.15) is 5.69 Å². The Bertz CT molecular complexity index is 482. The molecule has 0 radical (unpaired) electrons. The van der Waals surface area contributed by atoms with E-state index in [1.165, 1.54) is 0 Å². The summed E-state index contributed by atoms with van der Waals surface area (Å²) in [6, 6.07) is 0.103. The molecule has 2 atom stereocenters. The van der Waals surface area contributed by atoms with Crippen LogP contribution in [0, 0.1) is 12.8 Å². The number of nitrogens with one attached hydrogen (secondary N) is 1. The van der Waals surface area contributed by atoms with Crippen LogP contribution in [-0.2, 0) is 16.6 Å². The summed E-state index contributed by atoms with van der Waals surface area (Å²) in [4.78, 5) is 14.2. The summed E-state index contributed by atoms with van der Waals surface area (Å²) in [6.07, 6.45) is 0. The number of nitrogens with zero attached hydrogens (tertiary/aromatic N) is 3. The lowest BCUT2D eigenvalue weighted by Gasteiger charge is -2.26. The number of fused-ring (bicyclic) bond motifs is 2. The highest BCUT2D eigenvalue weighted by atomic mass is 16.5. The van der Waals surface area contributed by atoms with Gasteiger partial charge >= 0.3 is 0 Å². The zero-order valence-corrected chi connectivity index (χ0v) is 10.2. The van der Waals surface area contributed by atoms with E-state index >= 15 is 0 Å². The summed E-state index contributed by atoms with van der Waals surface area (Å²) in [6.45, 7) is 3.00. The van der Waals surface area contributed by atoms with Gasteiger partial charge < -0.3 is 15.0 Å². The quantitative estimate of drug-likeness (QED) is 0.695. The van der Waals surface area contributed by atoms with E-state index in [0.29, 0.717) is 13.2 Å². The topological polar surface area (TPSA) is 59.4 Å². The molecule has 92 valence electrons. The second kappa shape index (κ2) is 3.46. The Morgan fingerprint density at radius 1 is 1.41 bits per heavy atom. The van der Waals surface area contributed by atoms with Gasteiger partial charge in [-0.3, -0.25) is 9.48 Å². The maximum Gasteiger partial charge on any atom is 0.232 e. The maximum absolute atomic E-state index is 12.1. The number of aromatic nitrogens is 2. The minimum absolute atomic E-state index is 0.0363. The first kappa shape index (κ1) is 10.6. The first-order valence-corrected chi connectivity index (χ1v) is 5.74. The number of hydrogen-bond donors (Lipinski definition) is 1. The van der Waals surface area contributed by atoms with Crippen LogP contribution in [0.5, 0.6) is 0 Å². The van der Waals surface area contributed by atoms with Gasteiger partial charge in [0.05, 0.1) is 30.9 Å². The summed E-state index contributed by atoms with van der Waals surface area (Å²) in [7, 11) is 3.89. The van der Waals surface area contributed by atoms with Crippen molar-refractivity contribution in [2.45, 2.75) is 13.0 Å². The molecular weight excluding hydrogens is 220 g/mol. The lowest BCUT2D eigenvalue weighted by atomic mass is 10.0. The lowest BCUT2D eigenvalue weighted by molar-refractivity contribution is -0.120. The maximum atomic E-state index is 12.1. The molecule has 1 N–H and O–H groups in total. The smallest absolute Gasteiger partial charge is 0.232 e. The lowest BCUT2D eigenvalue weighted by Crippen LogP contribution is -2.41. The normalized spacial score (nSPS) is 27.5. The Kier molecular flexibility index (Phi) is 2.16. The molecule has 2 aliphatic heterocycles. The van der Waals surface area contributed by atoms with Crippen LogP contribution in [0.25, 0.3) is 0 Å². The van der Waals surface area contributed by atoms with Gasteiger partial charge in [0.25, 0.3) is 0 Å². The largest absolute Gasteiger partial charge is 0.378 e. The van der Waals surface area contributed by atoms with Crippen LogP contribution in [0.4, 0.5) is 11.5 Å². The van der Waals surface area contributed by atoms with Gasteiger partial charge in [-0.25, -0.2) is 0 Å². The van der Waals surface area contributed by atoms with Gasteiger partial charge in [-0.15, -0.1) is 0 Å². The van der Waals surface area contributed by atoms with E-state index in [1.54, 1.807) is 0 Å². The molecule has 0 aromatic carbocycles. The van der Waals surface area contributed by atoms with Gasteiger partial charge in [-0.05, 0) is 6.92 Å². The zero-order valence-electron chi connectivity index (χ0n) is 10.2. The van der Waals surface area contributed by atoms with E-state index in [0.717, 1.165) is 17.2 Å². The first-order valence-electron chi connectivity index (χ1n) is 5.74. The number of carbonyl (C=O) groups excluding carboxylic acids is 1. The summed E-state index contributed by atoms with van der Waals surface area (Å²) in [5.41, 5.74) is 1.68. The van der Waals surface area contributed by atoms with Crippen LogP contribution in [0.2, 0.25) is 0 Å². The zero-order chi connectivity index (χ0) is 12.2. The van der Waals surface area contributed by atoms with Gasteiger partial charge in [0.1, 0.15) is 5.69 Å². The molecule has 1 aromatic rings. The highest BCUT2D eigenvalue weighted by Gasteiger charge is 2.41. The number of ether oxygens (including phenoxy) is 1. The average Bonchev–Trinajstić information content (AvgIpc) is 2.81. The molecular formula is C11H16N4O2. The standard InChI is InChI=1S/C11H16N4O2/c1-6-9-11(15(3)13-6)14(2)8-5-17-4-7(8)10(16)12-9/h7-8H,4-5H2,1-3H3,(H,12,16). The third-order valence-corrected chi connectivity index (χ3v) is 3.66. The highest BCUT2D eigenvalue weighted by molar-refractivity contribution is 5.98. The fraction of sp³-hybridized carbons (Fsp3) is 0.636. The molecule has 3 heterocycles. The first-order chi connectivity index (χ1) is 8.09. The molecule has 0 bridgehead atoms. The molecule has 0 aliphatic carbocycles. The predicted octanol–water partition coefficient (Wildman–Crippen LogP) is 0.132. The molecule has 1 saturated heterocycles. The number of hydrogen-bond acceptors (Lipinski definition) is 4. The van der Waals surface area contributed by atoms with Gasteiger partial charge in [-0.1, -0.05) is 0 Å². The summed E-state index contributed by atoms with van der Waals surface area (Å²) < 4.78 is 7.23. The van der Waals surface area contributed by atoms with Gasteiger partial charge in [0.2, 0.25) is 5.91 Å². The minimum Gasteiger partial charge on any atom is -0.378 e. The van der Waals surface area contributed by atoms with Crippen molar-refractivity contribution in [2.75, 3.05) is 30.5 Å². The van der Waals surface area contributed by atoms with Gasteiger partial charge in [-0.2, -0.15) is 5.10 Å². The van der Waals surface area contributed by atoms with Crippen molar-refractivity contribution in [2.24, 2.45) is 13.0 Å². The highest BCUT2D eigenvalue weighted by Crippen LogP contribution is 2.36. The SMILES string of the molecule is Cc1nn(C)c2c1NC(=O)C1COCC1N2C. The molecule has 17 heavy (non-hydrogen) atoms. The van der Waals surface area contributed by atoms with Crippen molar-refractivity contribution in [3.05, 3.63) is 5.69 Å². The van der Waals surface area contributed by atoms with Crippen molar-refractivity contribution < 1.29 is 9.53 Å². The van der Waals surface area contributed by atoms with Crippen LogP contribution >= 0.6 is 0 Å². The number of carbonyl (C=O) groups is 1. The molecule has 0 saturated carbocycles. The monoisotopic (exact) mass is 236 g/mol. The van der Waals surface area contributed by atoms with Crippen LogP contribution < -0.4 is 10.2 Å². The predicted molar refractivity (Wildman–Crippen MR) is 63.1 cm³/mol. The summed E-state index contributed by atoms with van der Waals surface area (Å²) in [5.74, 6) is 0.898. The molecule has 2 aliphatic rings. The van der Waals surface area contributed by atoms with E-state index in [9.17, 15) is 4.79 Å². The van der Waals surface area contributed by atoms with E-state index in [1.807, 2.05) is 25.7 Å². The molecule has 6 nitrogen and oxygen atoms in total. The van der Waals surface area contributed by atoms with Crippen LogP contribution in [-0.4, -0.2) is 42.0 Å². The van der Waals surface area contributed by atoms with Crippen molar-refractivity contribution in [1.82, 2.24) is 9.78 Å². The van der Waals surface area contributed by atoms with E-state index in [4.69, 9.17) is 4.74 Å². The van der Waals surface area contributed by atoms with Crippen LogP contribution in [0.15, 0.2) is 0 Å². The Labute approximate surface area is 99.5 Å². The summed E-state index contributed by atoms with van der Waals surface area (Å²) in [5, 5.41) is 7.32. The van der Waals surface area contributed by atoms with Crippen LogP contribution in [0.3, 0.4) is 0 Å². The van der Waals surface area contributed by atoms with Crippen molar-refractivity contribution in [3.63, 3.8) is 0 Å². The van der Waals surface area contributed by atoms with Gasteiger partial charge in [0.15, 0.2) is 5.82 Å². The third-order valence-electron chi connectivity index (χ3n) is 3.66. The average molecular weight is 236 g/mol. The molecule has 6 heteroatoms. The van der Waals surface area contributed by atoms with Gasteiger partial charge in [0, 0.05) is 14.1 Å². The molecule has 3 rings (SSSR count). The van der Waals surface area contributed by atoms with E-state index < -0.39 is 0 Å². The fourth-order valence-corrected chi connectivity index (χ4v) is 2.75. The molecule has 0 spiro atoms. The Balaban J connectivity index is 2.13. The van der Waals surface area contributed by atoms with Crippen molar-refractivity contribution in [3.8, 4) is 0 Å². The number of likely N-dealkylation sites (N-methyl/N-ethyl adjacent to an activating group) is 1. The number of amides is 1. The molecule has 1 fully saturated rings. The molecule has 1 aromatic heterocycles. The number of anilines is 2. The second-order valence-corrected chi connectivity index (χ2v) is 4.72. The van der Waals surface area contributed by atoms with Crippen molar-refractivity contribution >= 4 is 17.4 Å². The Morgan fingerprint density at radius 3 is 2.94 bits per heavy atom. The number of aryl methyl sites for hydroxylation is 2. The summed E-state index contributed by atoms with van der Waals surface area (Å²) >= 11 is 0. The molecule has 1 amide bonds. The number of rotatable bonds is 0. The minimum atomic E-state index is -0.0909. The fourth-order valence-electron chi connectivity index (χ4n) is 2.75. The second-order valence-electron chi connectivity index (χ2n) is 4.72. The molecule has 2 unspecified atom stereocenters. The van der Waals surface area contributed by atoms with Crippen molar-refractivity contribution in [1.29, 1.82) is 0 Å². The van der Waals surface area contributed by atoms with E-state index in [-0.39, 0.29) is 17.9 Å². The Morgan fingerprint density at radius 2 is 2.18 bits per heavy atom.